The van der Waals surface area contributed by atoms with Gasteiger partial charge in [-0.3, -0.25) is 0 Å². The van der Waals surface area contributed by atoms with Crippen LogP contribution in [0.15, 0.2) is 12.3 Å². The fourth-order valence-corrected chi connectivity index (χ4v) is 2.14. The van der Waals surface area contributed by atoms with Gasteiger partial charge < -0.3 is 15.2 Å². The van der Waals surface area contributed by atoms with E-state index in [1.54, 1.807) is 0 Å². The van der Waals surface area contributed by atoms with Crippen molar-refractivity contribution in [3.05, 3.63) is 22.8 Å². The van der Waals surface area contributed by atoms with Gasteiger partial charge in [0.25, 0.3) is 0 Å². The van der Waals surface area contributed by atoms with E-state index in [4.69, 9.17) is 21.4 Å². The van der Waals surface area contributed by atoms with E-state index in [1.165, 1.54) is 12.3 Å². The second kappa shape index (κ2) is 5.12. The SMILES string of the molecule is CC1(CNc2cc(C(=O)O)c(Cl)cn2)CCCO1. The maximum Gasteiger partial charge on any atom is 0.337 e. The van der Waals surface area contributed by atoms with E-state index in [2.05, 4.69) is 10.3 Å². The fraction of sp³-hybridized carbons (Fsp3) is 0.500. The number of hydrogen-bond acceptors (Lipinski definition) is 4. The lowest BCUT2D eigenvalue weighted by Crippen LogP contribution is -2.32. The van der Waals surface area contributed by atoms with Crippen molar-refractivity contribution in [2.75, 3.05) is 18.5 Å². The number of aromatic nitrogens is 1. The Balaban J connectivity index is 2.05. The average Bonchev–Trinajstić information content (AvgIpc) is 2.75. The molecule has 1 unspecified atom stereocenters. The Morgan fingerprint density at radius 3 is 3.11 bits per heavy atom. The summed E-state index contributed by atoms with van der Waals surface area (Å²) in [5.41, 5.74) is -0.156. The molecule has 1 saturated heterocycles. The van der Waals surface area contributed by atoms with Crippen molar-refractivity contribution in [2.24, 2.45) is 0 Å². The molecule has 2 rings (SSSR count). The van der Waals surface area contributed by atoms with Gasteiger partial charge >= 0.3 is 5.97 Å². The minimum Gasteiger partial charge on any atom is -0.478 e. The van der Waals surface area contributed by atoms with Crippen LogP contribution in [-0.4, -0.2) is 34.8 Å². The van der Waals surface area contributed by atoms with E-state index < -0.39 is 5.97 Å². The molecule has 98 valence electrons. The molecule has 0 spiro atoms. The highest BCUT2D eigenvalue weighted by atomic mass is 35.5. The predicted octanol–water partition coefficient (Wildman–Crippen LogP) is 2.41. The normalized spacial score (nSPS) is 23.0. The highest BCUT2D eigenvalue weighted by Gasteiger charge is 2.29. The van der Waals surface area contributed by atoms with Crippen LogP contribution in [0.3, 0.4) is 0 Å². The third-order valence-electron chi connectivity index (χ3n) is 3.03. The van der Waals surface area contributed by atoms with E-state index >= 15 is 0 Å². The van der Waals surface area contributed by atoms with Crippen LogP contribution in [0, 0.1) is 0 Å². The maximum absolute atomic E-state index is 10.9. The number of halogens is 1. The van der Waals surface area contributed by atoms with Crippen LogP contribution in [0.25, 0.3) is 0 Å². The third-order valence-corrected chi connectivity index (χ3v) is 3.33. The van der Waals surface area contributed by atoms with E-state index in [9.17, 15) is 4.79 Å². The summed E-state index contributed by atoms with van der Waals surface area (Å²) < 4.78 is 5.63. The molecule has 0 bridgehead atoms. The predicted molar refractivity (Wildman–Crippen MR) is 68.3 cm³/mol. The quantitative estimate of drug-likeness (QED) is 0.879. The van der Waals surface area contributed by atoms with E-state index in [1.807, 2.05) is 6.92 Å². The standard InChI is InChI=1S/C12H15ClN2O3/c1-12(3-2-4-18-12)7-15-10-5-8(11(16)17)9(13)6-14-10/h5-6H,2-4,7H2,1H3,(H,14,15)(H,16,17). The van der Waals surface area contributed by atoms with Gasteiger partial charge in [-0.15, -0.1) is 0 Å². The van der Waals surface area contributed by atoms with Gasteiger partial charge in [-0.05, 0) is 25.8 Å². The highest BCUT2D eigenvalue weighted by molar-refractivity contribution is 6.33. The first kappa shape index (κ1) is 13.1. The molecule has 1 aromatic rings. The first-order valence-electron chi connectivity index (χ1n) is 5.77. The second-order valence-electron chi connectivity index (χ2n) is 4.61. The van der Waals surface area contributed by atoms with Gasteiger partial charge in [0, 0.05) is 19.3 Å². The molecule has 18 heavy (non-hydrogen) atoms. The molecular weight excluding hydrogens is 256 g/mol. The summed E-state index contributed by atoms with van der Waals surface area (Å²) in [6.07, 6.45) is 3.37. The van der Waals surface area contributed by atoms with Crippen LogP contribution in [0.2, 0.25) is 5.02 Å². The maximum atomic E-state index is 10.9. The molecule has 2 heterocycles. The van der Waals surface area contributed by atoms with Crippen molar-refractivity contribution in [1.82, 2.24) is 4.98 Å². The van der Waals surface area contributed by atoms with E-state index in [0.717, 1.165) is 19.4 Å². The molecule has 6 heteroatoms. The van der Waals surface area contributed by atoms with Gasteiger partial charge in [0.05, 0.1) is 16.2 Å². The molecule has 1 aromatic heterocycles. The summed E-state index contributed by atoms with van der Waals surface area (Å²) in [7, 11) is 0. The monoisotopic (exact) mass is 270 g/mol. The van der Waals surface area contributed by atoms with Crippen molar-refractivity contribution in [1.29, 1.82) is 0 Å². The smallest absolute Gasteiger partial charge is 0.337 e. The molecule has 2 N–H and O–H groups in total. The van der Waals surface area contributed by atoms with Crippen molar-refractivity contribution in [3.8, 4) is 0 Å². The lowest BCUT2D eigenvalue weighted by atomic mass is 10.0. The van der Waals surface area contributed by atoms with Crippen molar-refractivity contribution in [3.63, 3.8) is 0 Å². The molecule has 1 atom stereocenters. The Hall–Kier alpha value is -1.33. The Morgan fingerprint density at radius 2 is 2.50 bits per heavy atom. The number of nitrogens with zero attached hydrogens (tertiary/aromatic N) is 1. The molecule has 1 fully saturated rings. The van der Waals surface area contributed by atoms with Crippen LogP contribution >= 0.6 is 11.6 Å². The zero-order valence-corrected chi connectivity index (χ0v) is 10.8. The van der Waals surface area contributed by atoms with Gasteiger partial charge in [-0.1, -0.05) is 11.6 Å². The largest absolute Gasteiger partial charge is 0.478 e. The molecule has 0 amide bonds. The summed E-state index contributed by atoms with van der Waals surface area (Å²) in [6, 6.07) is 1.43. The van der Waals surface area contributed by atoms with Crippen LogP contribution in [0.1, 0.15) is 30.1 Å². The topological polar surface area (TPSA) is 71.5 Å². The van der Waals surface area contributed by atoms with Gasteiger partial charge in [-0.25, -0.2) is 9.78 Å². The number of carboxylic acid groups (broad SMARTS) is 1. The van der Waals surface area contributed by atoms with Gasteiger partial charge in [-0.2, -0.15) is 0 Å². The average molecular weight is 271 g/mol. The van der Waals surface area contributed by atoms with E-state index in [-0.39, 0.29) is 16.2 Å². The van der Waals surface area contributed by atoms with Crippen LogP contribution in [0.4, 0.5) is 5.82 Å². The minimum absolute atomic E-state index is 0.0478. The second-order valence-corrected chi connectivity index (χ2v) is 5.02. The van der Waals surface area contributed by atoms with Crippen molar-refractivity contribution in [2.45, 2.75) is 25.4 Å². The first-order chi connectivity index (χ1) is 8.50. The van der Waals surface area contributed by atoms with E-state index in [0.29, 0.717) is 12.4 Å². The Morgan fingerprint density at radius 1 is 1.72 bits per heavy atom. The molecular formula is C12H15ClN2O3. The Bertz CT molecular complexity index is 459. The molecule has 0 aromatic carbocycles. The number of pyridine rings is 1. The fourth-order valence-electron chi connectivity index (χ4n) is 1.95. The van der Waals surface area contributed by atoms with Crippen molar-refractivity contribution >= 4 is 23.4 Å². The molecule has 0 aliphatic carbocycles. The number of carbonyl (C=O) groups is 1. The number of aromatic carboxylic acids is 1. The molecule has 1 aliphatic heterocycles. The number of nitrogens with one attached hydrogen (secondary N) is 1. The highest BCUT2D eigenvalue weighted by Crippen LogP contribution is 2.25. The zero-order valence-electron chi connectivity index (χ0n) is 10.1. The van der Waals surface area contributed by atoms with Crippen LogP contribution in [-0.2, 0) is 4.74 Å². The molecule has 5 nitrogen and oxygen atoms in total. The van der Waals surface area contributed by atoms with Gasteiger partial charge in [0.1, 0.15) is 5.82 Å². The Kier molecular flexibility index (Phi) is 3.73. The minimum atomic E-state index is -1.06. The zero-order chi connectivity index (χ0) is 13.2. The van der Waals surface area contributed by atoms with Gasteiger partial charge in [0.2, 0.25) is 0 Å². The molecule has 0 radical (unpaired) electrons. The lowest BCUT2D eigenvalue weighted by Gasteiger charge is -2.23. The number of anilines is 1. The lowest BCUT2D eigenvalue weighted by molar-refractivity contribution is 0.0315. The molecule has 1 aliphatic rings. The number of ether oxygens (including phenoxy) is 1. The van der Waals surface area contributed by atoms with Crippen LogP contribution in [0.5, 0.6) is 0 Å². The summed E-state index contributed by atoms with van der Waals surface area (Å²) >= 11 is 5.75. The van der Waals surface area contributed by atoms with Crippen LogP contribution < -0.4 is 5.32 Å². The third kappa shape index (κ3) is 2.91. The summed E-state index contributed by atoms with van der Waals surface area (Å²) in [5, 5.41) is 12.2. The summed E-state index contributed by atoms with van der Waals surface area (Å²) in [6.45, 7) is 3.40. The number of rotatable bonds is 4. The van der Waals surface area contributed by atoms with Crippen molar-refractivity contribution < 1.29 is 14.6 Å². The first-order valence-corrected chi connectivity index (χ1v) is 6.15. The number of hydrogen-bond donors (Lipinski definition) is 2. The Labute approximate surface area is 110 Å². The summed E-state index contributed by atoms with van der Waals surface area (Å²) in [5.74, 6) is -0.567. The molecule has 0 saturated carbocycles. The summed E-state index contributed by atoms with van der Waals surface area (Å²) in [4.78, 5) is 15.0. The number of carboxylic acids is 1. The van der Waals surface area contributed by atoms with Gasteiger partial charge in [0.15, 0.2) is 0 Å².